The van der Waals surface area contributed by atoms with Gasteiger partial charge in [0.15, 0.2) is 17.6 Å². The van der Waals surface area contributed by atoms with Crippen molar-refractivity contribution in [3.05, 3.63) is 30.2 Å². The minimum absolute atomic E-state index is 0.00403. The molecule has 4 heteroatoms. The summed E-state index contributed by atoms with van der Waals surface area (Å²) in [6.45, 7) is 0. The molecule has 2 heterocycles. The van der Waals surface area contributed by atoms with Crippen molar-refractivity contribution in [1.29, 1.82) is 0 Å². The normalized spacial score (nSPS) is 11.2. The SMILES string of the molecule is O=Cc1c2ccoc2c(O)c2ccoc12. The van der Waals surface area contributed by atoms with Crippen molar-refractivity contribution in [2.75, 3.05) is 0 Å². The first-order valence-electron chi connectivity index (χ1n) is 4.37. The summed E-state index contributed by atoms with van der Waals surface area (Å²) in [7, 11) is 0. The molecule has 0 spiro atoms. The average molecular weight is 202 g/mol. The third-order valence-electron chi connectivity index (χ3n) is 2.45. The minimum Gasteiger partial charge on any atom is -0.504 e. The third kappa shape index (κ3) is 0.878. The second kappa shape index (κ2) is 2.63. The number of phenolic OH excluding ortho intramolecular Hbond substituents is 1. The van der Waals surface area contributed by atoms with Crippen LogP contribution in [0.2, 0.25) is 0 Å². The van der Waals surface area contributed by atoms with Gasteiger partial charge in [0.05, 0.1) is 23.5 Å². The van der Waals surface area contributed by atoms with Gasteiger partial charge in [-0.2, -0.15) is 0 Å². The van der Waals surface area contributed by atoms with Crippen LogP contribution in [0.3, 0.4) is 0 Å². The third-order valence-corrected chi connectivity index (χ3v) is 2.45. The van der Waals surface area contributed by atoms with Crippen LogP contribution in [0.1, 0.15) is 10.4 Å². The lowest BCUT2D eigenvalue weighted by atomic mass is 10.1. The van der Waals surface area contributed by atoms with Crippen molar-refractivity contribution in [1.82, 2.24) is 0 Å². The summed E-state index contributed by atoms with van der Waals surface area (Å²) in [4.78, 5) is 11.0. The molecule has 0 aliphatic carbocycles. The van der Waals surface area contributed by atoms with Gasteiger partial charge in [0.2, 0.25) is 0 Å². The number of fused-ring (bicyclic) bond motifs is 2. The molecule has 3 rings (SSSR count). The fourth-order valence-corrected chi connectivity index (χ4v) is 1.77. The van der Waals surface area contributed by atoms with Gasteiger partial charge in [-0.25, -0.2) is 0 Å². The van der Waals surface area contributed by atoms with Gasteiger partial charge in [0, 0.05) is 5.39 Å². The zero-order valence-electron chi connectivity index (χ0n) is 7.56. The van der Waals surface area contributed by atoms with Gasteiger partial charge in [-0.15, -0.1) is 0 Å². The first kappa shape index (κ1) is 8.11. The summed E-state index contributed by atoms with van der Waals surface area (Å²) in [6.07, 6.45) is 3.55. The molecular formula is C11H6O4. The van der Waals surface area contributed by atoms with Crippen LogP contribution in [0.4, 0.5) is 0 Å². The van der Waals surface area contributed by atoms with E-state index in [4.69, 9.17) is 8.83 Å². The van der Waals surface area contributed by atoms with E-state index in [-0.39, 0.29) is 5.75 Å². The number of benzene rings is 1. The number of carbonyl (C=O) groups is 1. The molecule has 0 saturated carbocycles. The highest BCUT2D eigenvalue weighted by atomic mass is 16.4. The summed E-state index contributed by atoms with van der Waals surface area (Å²) < 4.78 is 10.3. The average Bonchev–Trinajstić information content (AvgIpc) is 2.85. The molecule has 0 bridgehead atoms. The fraction of sp³-hybridized carbons (Fsp3) is 0. The van der Waals surface area contributed by atoms with Crippen LogP contribution in [0.15, 0.2) is 33.5 Å². The lowest BCUT2D eigenvalue weighted by molar-refractivity contribution is 0.112. The van der Waals surface area contributed by atoms with Crippen molar-refractivity contribution in [2.24, 2.45) is 0 Å². The van der Waals surface area contributed by atoms with Crippen molar-refractivity contribution >= 4 is 28.2 Å². The molecule has 0 saturated heterocycles. The summed E-state index contributed by atoms with van der Waals surface area (Å²) in [6, 6.07) is 3.22. The van der Waals surface area contributed by atoms with E-state index < -0.39 is 0 Å². The lowest BCUT2D eigenvalue weighted by Gasteiger charge is -1.99. The Balaban J connectivity index is 2.70. The van der Waals surface area contributed by atoms with E-state index >= 15 is 0 Å². The van der Waals surface area contributed by atoms with Crippen LogP contribution in [0.5, 0.6) is 5.75 Å². The van der Waals surface area contributed by atoms with Crippen LogP contribution in [0.25, 0.3) is 21.9 Å². The molecule has 1 N–H and O–H groups in total. The number of hydrogen-bond acceptors (Lipinski definition) is 4. The molecule has 0 aliphatic heterocycles. The standard InChI is InChI=1S/C11H6O4/c12-5-8-6-1-3-15-11(6)9(13)7-2-4-14-10(7)8/h1-5,13H. The van der Waals surface area contributed by atoms with Crippen LogP contribution >= 0.6 is 0 Å². The summed E-state index contributed by atoms with van der Waals surface area (Å²) in [5.74, 6) is 0.00403. The van der Waals surface area contributed by atoms with Gasteiger partial charge < -0.3 is 13.9 Å². The van der Waals surface area contributed by atoms with E-state index in [0.717, 1.165) is 0 Å². The number of carbonyl (C=O) groups excluding carboxylic acids is 1. The van der Waals surface area contributed by atoms with Crippen molar-refractivity contribution in [3.8, 4) is 5.75 Å². The topological polar surface area (TPSA) is 63.6 Å². The number of hydrogen-bond donors (Lipinski definition) is 1. The number of phenols is 1. The fourth-order valence-electron chi connectivity index (χ4n) is 1.77. The lowest BCUT2D eigenvalue weighted by Crippen LogP contribution is -1.83. The Kier molecular flexibility index (Phi) is 1.42. The van der Waals surface area contributed by atoms with Gasteiger partial charge in [-0.1, -0.05) is 0 Å². The predicted octanol–water partition coefficient (Wildman–Crippen LogP) is 2.70. The highest BCUT2D eigenvalue weighted by Gasteiger charge is 2.17. The molecule has 1 aromatic carbocycles. The number of furan rings is 2. The van der Waals surface area contributed by atoms with Gasteiger partial charge in [-0.3, -0.25) is 4.79 Å². The van der Waals surface area contributed by atoms with Gasteiger partial charge >= 0.3 is 0 Å². The molecule has 3 aromatic rings. The van der Waals surface area contributed by atoms with Gasteiger partial charge in [-0.05, 0) is 12.1 Å². The number of aldehydes is 1. The van der Waals surface area contributed by atoms with Crippen LogP contribution in [-0.4, -0.2) is 11.4 Å². The van der Waals surface area contributed by atoms with E-state index in [2.05, 4.69) is 0 Å². The number of aromatic hydroxyl groups is 1. The maximum atomic E-state index is 11.0. The van der Waals surface area contributed by atoms with Crippen LogP contribution < -0.4 is 0 Å². The Labute approximate surface area is 83.7 Å². The first-order valence-corrected chi connectivity index (χ1v) is 4.37. The van der Waals surface area contributed by atoms with E-state index in [9.17, 15) is 9.90 Å². The van der Waals surface area contributed by atoms with Crippen molar-refractivity contribution < 1.29 is 18.7 Å². The predicted molar refractivity (Wildman–Crippen MR) is 53.0 cm³/mol. The van der Waals surface area contributed by atoms with E-state index in [1.54, 1.807) is 12.1 Å². The highest BCUT2D eigenvalue weighted by Crippen LogP contribution is 2.37. The summed E-state index contributed by atoms with van der Waals surface area (Å²) in [5.41, 5.74) is 1.10. The van der Waals surface area contributed by atoms with Crippen molar-refractivity contribution in [2.45, 2.75) is 0 Å². The highest BCUT2D eigenvalue weighted by molar-refractivity contribution is 6.12. The molecule has 0 fully saturated rings. The Hall–Kier alpha value is -2.23. The quantitative estimate of drug-likeness (QED) is 0.616. The van der Waals surface area contributed by atoms with Gasteiger partial charge in [0.25, 0.3) is 0 Å². The van der Waals surface area contributed by atoms with E-state index in [1.807, 2.05) is 0 Å². The molecular weight excluding hydrogens is 196 g/mol. The molecule has 0 atom stereocenters. The molecule has 4 nitrogen and oxygen atoms in total. The Morgan fingerprint density at radius 1 is 1.07 bits per heavy atom. The van der Waals surface area contributed by atoms with E-state index in [0.29, 0.717) is 33.8 Å². The smallest absolute Gasteiger partial charge is 0.177 e. The summed E-state index contributed by atoms with van der Waals surface area (Å²) in [5, 5.41) is 10.9. The molecule has 2 aromatic heterocycles. The van der Waals surface area contributed by atoms with Crippen LogP contribution in [-0.2, 0) is 0 Å². The number of rotatable bonds is 1. The molecule has 0 aliphatic rings. The Morgan fingerprint density at radius 3 is 2.47 bits per heavy atom. The minimum atomic E-state index is 0.00403. The van der Waals surface area contributed by atoms with Gasteiger partial charge in [0.1, 0.15) is 5.58 Å². The molecule has 74 valence electrons. The molecule has 0 radical (unpaired) electrons. The van der Waals surface area contributed by atoms with Crippen molar-refractivity contribution in [3.63, 3.8) is 0 Å². The zero-order valence-corrected chi connectivity index (χ0v) is 7.56. The zero-order chi connectivity index (χ0) is 10.4. The Morgan fingerprint density at radius 2 is 1.73 bits per heavy atom. The maximum Gasteiger partial charge on any atom is 0.177 e. The molecule has 0 amide bonds. The molecule has 0 unspecified atom stereocenters. The second-order valence-corrected chi connectivity index (χ2v) is 3.21. The van der Waals surface area contributed by atoms with E-state index in [1.165, 1.54) is 12.5 Å². The largest absolute Gasteiger partial charge is 0.504 e. The first-order chi connectivity index (χ1) is 7.33. The monoisotopic (exact) mass is 202 g/mol. The Bertz CT molecular complexity index is 608. The molecule has 15 heavy (non-hydrogen) atoms. The maximum absolute atomic E-state index is 11.0. The van der Waals surface area contributed by atoms with Crippen LogP contribution in [0, 0.1) is 0 Å². The second-order valence-electron chi connectivity index (χ2n) is 3.21. The summed E-state index contributed by atoms with van der Waals surface area (Å²) >= 11 is 0.